The molecule has 0 N–H and O–H groups in total. The molecule has 0 amide bonds. The molecule has 1 aliphatic rings. The molecule has 1 fully saturated rings. The smallest absolute Gasteiger partial charge is 0.243 e. The third-order valence-corrected chi connectivity index (χ3v) is 8.14. The van der Waals surface area contributed by atoms with Crippen LogP contribution in [0.5, 0.6) is 5.75 Å². The molecule has 10 heteroatoms. The van der Waals surface area contributed by atoms with Gasteiger partial charge in [0.25, 0.3) is 0 Å². The van der Waals surface area contributed by atoms with Gasteiger partial charge in [-0.05, 0) is 43.3 Å². The van der Waals surface area contributed by atoms with E-state index in [4.69, 9.17) is 21.3 Å². The van der Waals surface area contributed by atoms with E-state index in [0.717, 1.165) is 22.4 Å². The van der Waals surface area contributed by atoms with Gasteiger partial charge >= 0.3 is 0 Å². The average molecular weight is 472 g/mol. The molecule has 1 saturated heterocycles. The van der Waals surface area contributed by atoms with Crippen LogP contribution in [0.15, 0.2) is 53.4 Å². The van der Waals surface area contributed by atoms with Gasteiger partial charge in [0.2, 0.25) is 10.0 Å². The number of halogens is 1. The van der Waals surface area contributed by atoms with E-state index in [1.54, 1.807) is 35.9 Å². The van der Waals surface area contributed by atoms with Crippen LogP contribution >= 0.6 is 11.6 Å². The maximum Gasteiger partial charge on any atom is 0.243 e. The normalized spacial score (nSPS) is 15.5. The summed E-state index contributed by atoms with van der Waals surface area (Å²) in [6.45, 7) is 3.62. The summed E-state index contributed by atoms with van der Waals surface area (Å²) in [5, 5.41) is 6.00. The largest absolute Gasteiger partial charge is 0.497 e. The molecule has 0 atom stereocenters. The Balaban J connectivity index is 1.45. The summed E-state index contributed by atoms with van der Waals surface area (Å²) in [6.07, 6.45) is 0. The van der Waals surface area contributed by atoms with E-state index in [0.29, 0.717) is 42.6 Å². The number of rotatable bonds is 4. The van der Waals surface area contributed by atoms with Gasteiger partial charge in [0.15, 0.2) is 5.65 Å². The summed E-state index contributed by atoms with van der Waals surface area (Å²) in [7, 11) is -2.03. The molecule has 5 rings (SSSR count). The van der Waals surface area contributed by atoms with Crippen molar-refractivity contribution >= 4 is 44.0 Å². The lowest BCUT2D eigenvalue weighted by molar-refractivity contribution is 0.384. The second-order valence-corrected chi connectivity index (χ2v) is 9.97. The highest BCUT2D eigenvalue weighted by molar-refractivity contribution is 7.89. The van der Waals surface area contributed by atoms with Crippen LogP contribution in [0.4, 0.5) is 5.82 Å². The van der Waals surface area contributed by atoms with Crippen LogP contribution in [0, 0.1) is 6.92 Å². The summed E-state index contributed by atoms with van der Waals surface area (Å²) < 4.78 is 34.6. The minimum Gasteiger partial charge on any atom is -0.497 e. The molecule has 0 spiro atoms. The summed E-state index contributed by atoms with van der Waals surface area (Å²) in [5.41, 5.74) is 2.24. The zero-order valence-electron chi connectivity index (χ0n) is 17.7. The minimum atomic E-state index is -3.58. The van der Waals surface area contributed by atoms with Crippen LogP contribution < -0.4 is 9.64 Å². The Morgan fingerprint density at radius 1 is 1.00 bits per heavy atom. The van der Waals surface area contributed by atoms with Crippen molar-refractivity contribution in [2.24, 2.45) is 0 Å². The number of anilines is 1. The molecule has 3 heterocycles. The SMILES string of the molecule is COc1ccc(S(=O)(=O)N2CCN(c3nc4c(Cl)c(C)nn4c4ccccc34)CC2)cc1. The highest BCUT2D eigenvalue weighted by Gasteiger charge is 2.30. The van der Waals surface area contributed by atoms with Crippen LogP contribution in [0.1, 0.15) is 5.69 Å². The Bertz CT molecular complexity index is 1410. The van der Waals surface area contributed by atoms with Crippen molar-refractivity contribution in [3.8, 4) is 5.75 Å². The molecule has 0 unspecified atom stereocenters. The van der Waals surface area contributed by atoms with Gasteiger partial charge in [0.1, 0.15) is 16.6 Å². The third kappa shape index (κ3) is 3.37. The molecule has 0 bridgehead atoms. The highest BCUT2D eigenvalue weighted by atomic mass is 35.5. The van der Waals surface area contributed by atoms with Crippen molar-refractivity contribution in [2.45, 2.75) is 11.8 Å². The first-order valence-electron chi connectivity index (χ1n) is 10.2. The Labute approximate surface area is 191 Å². The lowest BCUT2D eigenvalue weighted by Gasteiger charge is -2.35. The lowest BCUT2D eigenvalue weighted by atomic mass is 10.2. The Hall–Kier alpha value is -2.88. The van der Waals surface area contributed by atoms with E-state index >= 15 is 0 Å². The van der Waals surface area contributed by atoms with Crippen molar-refractivity contribution in [1.29, 1.82) is 0 Å². The van der Waals surface area contributed by atoms with Crippen LogP contribution in [-0.4, -0.2) is 60.6 Å². The standard InChI is InChI=1S/C22H22ClN5O3S/c1-15-20(23)22-24-21(18-5-3-4-6-19(18)28(22)25-15)26-11-13-27(14-12-26)32(29,30)17-9-7-16(31-2)8-10-17/h3-10H,11-14H2,1-2H3. The maximum atomic E-state index is 13.1. The molecule has 166 valence electrons. The van der Waals surface area contributed by atoms with Crippen LogP contribution in [-0.2, 0) is 10.0 Å². The lowest BCUT2D eigenvalue weighted by Crippen LogP contribution is -2.49. The van der Waals surface area contributed by atoms with Gasteiger partial charge in [-0.1, -0.05) is 23.7 Å². The number of methoxy groups -OCH3 is 1. The molecule has 32 heavy (non-hydrogen) atoms. The maximum absolute atomic E-state index is 13.1. The molecule has 0 aliphatic carbocycles. The summed E-state index contributed by atoms with van der Waals surface area (Å²) in [5.74, 6) is 1.41. The zero-order chi connectivity index (χ0) is 22.5. The Kier molecular flexibility index (Phi) is 5.19. The number of nitrogens with zero attached hydrogens (tertiary/aromatic N) is 5. The highest BCUT2D eigenvalue weighted by Crippen LogP contribution is 2.31. The fourth-order valence-electron chi connectivity index (χ4n) is 4.05. The van der Waals surface area contributed by atoms with E-state index in [-0.39, 0.29) is 4.90 Å². The number of fused-ring (bicyclic) bond motifs is 3. The van der Waals surface area contributed by atoms with Crippen LogP contribution in [0.2, 0.25) is 5.02 Å². The van der Waals surface area contributed by atoms with E-state index in [1.165, 1.54) is 4.31 Å². The number of hydrogen-bond acceptors (Lipinski definition) is 6. The summed E-state index contributed by atoms with van der Waals surface area (Å²) in [4.78, 5) is 7.20. The van der Waals surface area contributed by atoms with Gasteiger partial charge in [0.05, 0.1) is 23.2 Å². The van der Waals surface area contributed by atoms with Crippen molar-refractivity contribution in [2.75, 3.05) is 38.2 Å². The zero-order valence-corrected chi connectivity index (χ0v) is 19.3. The summed E-state index contributed by atoms with van der Waals surface area (Å²) >= 11 is 6.46. The number of aryl methyl sites for hydroxylation is 1. The Morgan fingerprint density at radius 3 is 2.38 bits per heavy atom. The van der Waals surface area contributed by atoms with Crippen molar-refractivity contribution in [1.82, 2.24) is 18.9 Å². The van der Waals surface area contributed by atoms with Gasteiger partial charge in [-0.15, -0.1) is 0 Å². The molecule has 0 saturated carbocycles. The second kappa shape index (κ2) is 7.91. The van der Waals surface area contributed by atoms with Gasteiger partial charge in [0, 0.05) is 31.6 Å². The molecule has 8 nitrogen and oxygen atoms in total. The molecule has 2 aromatic heterocycles. The average Bonchev–Trinajstić information content (AvgIpc) is 3.12. The van der Waals surface area contributed by atoms with Crippen LogP contribution in [0.3, 0.4) is 0 Å². The minimum absolute atomic E-state index is 0.262. The monoisotopic (exact) mass is 471 g/mol. The quantitative estimate of drug-likeness (QED) is 0.454. The van der Waals surface area contributed by atoms with E-state index in [1.807, 2.05) is 31.2 Å². The second-order valence-electron chi connectivity index (χ2n) is 7.65. The number of ether oxygens (including phenoxy) is 1. The fourth-order valence-corrected chi connectivity index (χ4v) is 5.63. The number of sulfonamides is 1. The van der Waals surface area contributed by atoms with Crippen molar-refractivity contribution in [3.63, 3.8) is 0 Å². The Morgan fingerprint density at radius 2 is 1.69 bits per heavy atom. The number of piperazine rings is 1. The molecule has 2 aromatic carbocycles. The first-order chi connectivity index (χ1) is 15.4. The van der Waals surface area contributed by atoms with Gasteiger partial charge in [-0.2, -0.15) is 9.40 Å². The van der Waals surface area contributed by atoms with Crippen LogP contribution in [0.25, 0.3) is 16.6 Å². The fraction of sp³-hybridized carbons (Fsp3) is 0.273. The first kappa shape index (κ1) is 21.0. The van der Waals surface area contributed by atoms with Gasteiger partial charge < -0.3 is 9.64 Å². The third-order valence-electron chi connectivity index (χ3n) is 5.78. The topological polar surface area (TPSA) is 80.0 Å². The molecular weight excluding hydrogens is 450 g/mol. The van der Waals surface area contributed by atoms with E-state index in [2.05, 4.69) is 10.00 Å². The van der Waals surface area contributed by atoms with Crippen molar-refractivity contribution in [3.05, 3.63) is 59.2 Å². The number of aromatic nitrogens is 3. The van der Waals surface area contributed by atoms with Crippen molar-refractivity contribution < 1.29 is 13.2 Å². The number of para-hydroxylation sites is 1. The number of hydrogen-bond donors (Lipinski definition) is 0. The molecule has 4 aromatic rings. The number of benzene rings is 2. The van der Waals surface area contributed by atoms with E-state index < -0.39 is 10.0 Å². The predicted molar refractivity (Wildman–Crippen MR) is 124 cm³/mol. The predicted octanol–water partition coefficient (Wildman–Crippen LogP) is 3.36. The summed E-state index contributed by atoms with van der Waals surface area (Å²) in [6, 6.07) is 14.4. The molecular formula is C22H22ClN5O3S. The molecule has 1 aliphatic heterocycles. The first-order valence-corrected chi connectivity index (χ1v) is 12.0. The van der Waals surface area contributed by atoms with Gasteiger partial charge in [-0.25, -0.2) is 17.9 Å². The molecule has 0 radical (unpaired) electrons. The van der Waals surface area contributed by atoms with E-state index in [9.17, 15) is 8.42 Å². The van der Waals surface area contributed by atoms with Gasteiger partial charge in [-0.3, -0.25) is 0 Å².